The maximum atomic E-state index is 12.5. The van der Waals surface area contributed by atoms with E-state index in [1.54, 1.807) is 0 Å². The minimum absolute atomic E-state index is 0.261. The third-order valence-electron chi connectivity index (χ3n) is 4.62. The van der Waals surface area contributed by atoms with Gasteiger partial charge in [0.1, 0.15) is 0 Å². The number of para-hydroxylation sites is 2. The molecule has 134 valence electrons. The zero-order chi connectivity index (χ0) is 18.6. The summed E-state index contributed by atoms with van der Waals surface area (Å²) >= 11 is 0. The topological polar surface area (TPSA) is 56.9 Å². The molecule has 0 aliphatic heterocycles. The molecule has 1 aromatic heterocycles. The lowest BCUT2D eigenvalue weighted by molar-refractivity contribution is 0.262. The van der Waals surface area contributed by atoms with E-state index < -0.39 is 0 Å². The third-order valence-corrected chi connectivity index (χ3v) is 4.62. The molecular weight excluding hydrogens is 334 g/mol. The number of aryl methyl sites for hydroxylation is 1. The van der Waals surface area contributed by atoms with Crippen LogP contribution in [0.5, 0.6) is 0 Å². The van der Waals surface area contributed by atoms with Gasteiger partial charge in [0.15, 0.2) is 0 Å². The number of aromatic nitrogens is 1. The van der Waals surface area contributed by atoms with Crippen LogP contribution >= 0.6 is 0 Å². The van der Waals surface area contributed by atoms with Crippen LogP contribution in [-0.4, -0.2) is 11.0 Å². The van der Waals surface area contributed by atoms with Gasteiger partial charge in [0.25, 0.3) is 0 Å². The molecule has 4 aromatic rings. The SMILES string of the molecule is CCc1ccc(NC(=O)Nc2ccccc2-c2cc3ccccc3[nH]2)cc1. The lowest BCUT2D eigenvalue weighted by atomic mass is 10.1. The van der Waals surface area contributed by atoms with Crippen molar-refractivity contribution < 1.29 is 4.79 Å². The molecule has 2 amide bonds. The van der Waals surface area contributed by atoms with Crippen LogP contribution in [0.3, 0.4) is 0 Å². The van der Waals surface area contributed by atoms with E-state index in [-0.39, 0.29) is 6.03 Å². The van der Waals surface area contributed by atoms with Gasteiger partial charge in [-0.2, -0.15) is 0 Å². The molecule has 0 aliphatic rings. The lowest BCUT2D eigenvalue weighted by Crippen LogP contribution is -2.19. The van der Waals surface area contributed by atoms with E-state index in [0.717, 1.165) is 40.0 Å². The highest BCUT2D eigenvalue weighted by atomic mass is 16.2. The van der Waals surface area contributed by atoms with Crippen LogP contribution in [0.25, 0.3) is 22.2 Å². The highest BCUT2D eigenvalue weighted by Crippen LogP contribution is 2.30. The first-order valence-electron chi connectivity index (χ1n) is 9.07. The van der Waals surface area contributed by atoms with Gasteiger partial charge in [-0.25, -0.2) is 4.79 Å². The molecule has 1 heterocycles. The summed E-state index contributed by atoms with van der Waals surface area (Å²) < 4.78 is 0. The molecule has 0 atom stereocenters. The summed E-state index contributed by atoms with van der Waals surface area (Å²) in [6.07, 6.45) is 0.977. The van der Waals surface area contributed by atoms with Gasteiger partial charge >= 0.3 is 6.03 Å². The van der Waals surface area contributed by atoms with Gasteiger partial charge in [0, 0.05) is 27.8 Å². The summed E-state index contributed by atoms with van der Waals surface area (Å²) in [7, 11) is 0. The van der Waals surface area contributed by atoms with Crippen molar-refractivity contribution in [3.05, 3.63) is 84.4 Å². The molecule has 27 heavy (non-hydrogen) atoms. The number of anilines is 2. The number of H-pyrrole nitrogens is 1. The second-order valence-electron chi connectivity index (χ2n) is 6.45. The number of carbonyl (C=O) groups excluding carboxylic acids is 1. The molecule has 3 aromatic carbocycles. The molecule has 0 saturated heterocycles. The molecule has 3 N–H and O–H groups in total. The van der Waals surface area contributed by atoms with E-state index in [4.69, 9.17) is 0 Å². The smallest absolute Gasteiger partial charge is 0.323 e. The van der Waals surface area contributed by atoms with E-state index in [1.165, 1.54) is 5.56 Å². The number of amides is 2. The Morgan fingerprint density at radius 3 is 2.41 bits per heavy atom. The Balaban J connectivity index is 1.56. The average molecular weight is 355 g/mol. The predicted octanol–water partition coefficient (Wildman–Crippen LogP) is 6.04. The maximum absolute atomic E-state index is 12.5. The monoisotopic (exact) mass is 355 g/mol. The Bertz CT molecular complexity index is 1050. The first-order valence-corrected chi connectivity index (χ1v) is 9.07. The summed E-state index contributed by atoms with van der Waals surface area (Å²) in [6, 6.07) is 25.6. The predicted molar refractivity (Wildman–Crippen MR) is 112 cm³/mol. The van der Waals surface area contributed by atoms with Crippen LogP contribution in [0.4, 0.5) is 16.2 Å². The zero-order valence-electron chi connectivity index (χ0n) is 15.1. The Labute approximate surface area is 158 Å². The fourth-order valence-electron chi connectivity index (χ4n) is 3.15. The zero-order valence-corrected chi connectivity index (χ0v) is 15.1. The van der Waals surface area contributed by atoms with Crippen molar-refractivity contribution in [1.82, 2.24) is 4.98 Å². The molecule has 0 unspecified atom stereocenters. The van der Waals surface area contributed by atoms with Crippen molar-refractivity contribution in [1.29, 1.82) is 0 Å². The summed E-state index contributed by atoms with van der Waals surface area (Å²) in [5, 5.41) is 6.99. The van der Waals surface area contributed by atoms with E-state index in [9.17, 15) is 4.79 Å². The van der Waals surface area contributed by atoms with Gasteiger partial charge in [-0.05, 0) is 42.3 Å². The molecule has 0 fully saturated rings. The van der Waals surface area contributed by atoms with Gasteiger partial charge in [0.05, 0.1) is 5.69 Å². The summed E-state index contributed by atoms with van der Waals surface area (Å²) in [5.41, 5.74) is 5.76. The number of fused-ring (bicyclic) bond motifs is 1. The standard InChI is InChI=1S/C23H21N3O/c1-2-16-11-13-18(14-12-16)24-23(27)26-21-10-6-4-8-19(21)22-15-17-7-3-5-9-20(17)25-22/h3-15,25H,2H2,1H3,(H2,24,26,27). The molecule has 4 heteroatoms. The molecule has 0 radical (unpaired) electrons. The van der Waals surface area contributed by atoms with Gasteiger partial charge in [-0.1, -0.05) is 55.5 Å². The van der Waals surface area contributed by atoms with Crippen LogP contribution in [0, 0.1) is 0 Å². The minimum atomic E-state index is -0.261. The molecule has 0 aliphatic carbocycles. The summed E-state index contributed by atoms with van der Waals surface area (Å²) in [4.78, 5) is 15.9. The van der Waals surface area contributed by atoms with Gasteiger partial charge in [-0.15, -0.1) is 0 Å². The van der Waals surface area contributed by atoms with Crippen LogP contribution in [0.15, 0.2) is 78.9 Å². The maximum Gasteiger partial charge on any atom is 0.323 e. The quantitative estimate of drug-likeness (QED) is 0.410. The Morgan fingerprint density at radius 1 is 0.889 bits per heavy atom. The third kappa shape index (κ3) is 3.70. The fourth-order valence-corrected chi connectivity index (χ4v) is 3.15. The van der Waals surface area contributed by atoms with Crippen LogP contribution in [0.2, 0.25) is 0 Å². The van der Waals surface area contributed by atoms with E-state index in [0.29, 0.717) is 0 Å². The second kappa shape index (κ2) is 7.38. The normalized spacial score (nSPS) is 10.7. The van der Waals surface area contributed by atoms with Crippen molar-refractivity contribution >= 4 is 28.3 Å². The fraction of sp³-hybridized carbons (Fsp3) is 0.0870. The summed E-state index contributed by atoms with van der Waals surface area (Å²) in [5.74, 6) is 0. The van der Waals surface area contributed by atoms with E-state index in [1.807, 2.05) is 66.7 Å². The van der Waals surface area contributed by atoms with E-state index in [2.05, 4.69) is 34.7 Å². The molecule has 0 spiro atoms. The first kappa shape index (κ1) is 16.9. The number of hydrogen-bond acceptors (Lipinski definition) is 1. The number of hydrogen-bond donors (Lipinski definition) is 3. The van der Waals surface area contributed by atoms with Crippen molar-refractivity contribution in [3.8, 4) is 11.3 Å². The van der Waals surface area contributed by atoms with Crippen molar-refractivity contribution in [2.24, 2.45) is 0 Å². The highest BCUT2D eigenvalue weighted by Gasteiger charge is 2.10. The molecule has 4 nitrogen and oxygen atoms in total. The number of nitrogens with one attached hydrogen (secondary N) is 3. The van der Waals surface area contributed by atoms with Gasteiger partial charge in [-0.3, -0.25) is 0 Å². The second-order valence-corrected chi connectivity index (χ2v) is 6.45. The summed E-state index contributed by atoms with van der Waals surface area (Å²) in [6.45, 7) is 2.11. The molecular formula is C23H21N3O. The Hall–Kier alpha value is -3.53. The Morgan fingerprint density at radius 2 is 1.63 bits per heavy atom. The van der Waals surface area contributed by atoms with Crippen LogP contribution in [-0.2, 0) is 6.42 Å². The molecule has 4 rings (SSSR count). The number of aromatic amines is 1. The minimum Gasteiger partial charge on any atom is -0.354 e. The van der Waals surface area contributed by atoms with Crippen molar-refractivity contribution in [2.45, 2.75) is 13.3 Å². The van der Waals surface area contributed by atoms with Gasteiger partial charge < -0.3 is 15.6 Å². The number of carbonyl (C=O) groups is 1. The number of urea groups is 1. The van der Waals surface area contributed by atoms with Crippen molar-refractivity contribution in [3.63, 3.8) is 0 Å². The average Bonchev–Trinajstić information content (AvgIpc) is 3.13. The largest absolute Gasteiger partial charge is 0.354 e. The van der Waals surface area contributed by atoms with Crippen molar-refractivity contribution in [2.75, 3.05) is 10.6 Å². The Kier molecular flexibility index (Phi) is 4.62. The van der Waals surface area contributed by atoms with E-state index >= 15 is 0 Å². The number of rotatable bonds is 4. The van der Waals surface area contributed by atoms with Crippen LogP contribution in [0.1, 0.15) is 12.5 Å². The van der Waals surface area contributed by atoms with Gasteiger partial charge in [0.2, 0.25) is 0 Å². The highest BCUT2D eigenvalue weighted by molar-refractivity contribution is 6.02. The molecule has 0 saturated carbocycles. The molecule has 0 bridgehead atoms. The van der Waals surface area contributed by atoms with Crippen LogP contribution < -0.4 is 10.6 Å². The lowest BCUT2D eigenvalue weighted by Gasteiger charge is -2.11. The number of benzene rings is 3. The first-order chi connectivity index (χ1) is 13.2.